The molecule has 1 fully saturated rings. The van der Waals surface area contributed by atoms with Crippen molar-refractivity contribution >= 4 is 5.97 Å². The summed E-state index contributed by atoms with van der Waals surface area (Å²) in [6.07, 6.45) is 4.65. The van der Waals surface area contributed by atoms with Gasteiger partial charge in [0.25, 0.3) is 0 Å². The smallest absolute Gasteiger partial charge is 0.303 e. The van der Waals surface area contributed by atoms with Crippen LogP contribution in [0.4, 0.5) is 0 Å². The molecule has 0 heterocycles. The Labute approximate surface area is 79.3 Å². The highest BCUT2D eigenvalue weighted by molar-refractivity contribution is 5.66. The summed E-state index contributed by atoms with van der Waals surface area (Å²) in [6, 6.07) is 0.355. The van der Waals surface area contributed by atoms with E-state index in [1.807, 2.05) is 6.92 Å². The second kappa shape index (κ2) is 4.61. The van der Waals surface area contributed by atoms with Crippen molar-refractivity contribution in [3.8, 4) is 0 Å². The van der Waals surface area contributed by atoms with Crippen molar-refractivity contribution in [3.63, 3.8) is 0 Å². The number of hydrogen-bond donors (Lipinski definition) is 2. The first-order chi connectivity index (χ1) is 6.09. The van der Waals surface area contributed by atoms with Gasteiger partial charge in [0, 0.05) is 12.5 Å². The van der Waals surface area contributed by atoms with Crippen LogP contribution in [-0.2, 0) is 4.79 Å². The molecule has 3 nitrogen and oxygen atoms in total. The molecule has 0 radical (unpaired) electrons. The molecule has 76 valence electrons. The largest absolute Gasteiger partial charge is 0.481 e. The van der Waals surface area contributed by atoms with Gasteiger partial charge in [-0.2, -0.15) is 0 Å². The summed E-state index contributed by atoms with van der Waals surface area (Å²) in [4.78, 5) is 10.5. The zero-order valence-electron chi connectivity index (χ0n) is 8.20. The maximum Gasteiger partial charge on any atom is 0.303 e. The van der Waals surface area contributed by atoms with Crippen LogP contribution in [0.3, 0.4) is 0 Å². The van der Waals surface area contributed by atoms with Crippen LogP contribution in [0.5, 0.6) is 0 Å². The van der Waals surface area contributed by atoms with E-state index in [1.54, 1.807) is 0 Å². The van der Waals surface area contributed by atoms with Crippen molar-refractivity contribution in [1.82, 2.24) is 0 Å². The van der Waals surface area contributed by atoms with Gasteiger partial charge in [-0.25, -0.2) is 0 Å². The lowest BCUT2D eigenvalue weighted by molar-refractivity contribution is -0.138. The quantitative estimate of drug-likeness (QED) is 0.702. The molecule has 1 aliphatic rings. The fourth-order valence-corrected chi connectivity index (χ4v) is 2.16. The first-order valence-electron chi connectivity index (χ1n) is 5.07. The van der Waals surface area contributed by atoms with Crippen LogP contribution in [0.2, 0.25) is 0 Å². The third-order valence-corrected chi connectivity index (χ3v) is 3.12. The third kappa shape index (κ3) is 3.35. The predicted octanol–water partition coefficient (Wildman–Crippen LogP) is 1.61. The minimum absolute atomic E-state index is 0.305. The molecule has 13 heavy (non-hydrogen) atoms. The summed E-state index contributed by atoms with van der Waals surface area (Å²) < 4.78 is 0. The first-order valence-corrected chi connectivity index (χ1v) is 5.07. The van der Waals surface area contributed by atoms with E-state index in [9.17, 15) is 4.79 Å². The average Bonchev–Trinajstić information content (AvgIpc) is 2.04. The molecule has 1 unspecified atom stereocenters. The Balaban J connectivity index is 2.31. The van der Waals surface area contributed by atoms with Gasteiger partial charge in [-0.15, -0.1) is 0 Å². The fourth-order valence-electron chi connectivity index (χ4n) is 2.16. The monoisotopic (exact) mass is 185 g/mol. The third-order valence-electron chi connectivity index (χ3n) is 3.12. The number of carboxylic acid groups (broad SMARTS) is 1. The molecule has 0 amide bonds. The Morgan fingerprint density at radius 3 is 2.46 bits per heavy atom. The normalized spacial score (nSPS) is 31.2. The van der Waals surface area contributed by atoms with Crippen LogP contribution < -0.4 is 5.73 Å². The summed E-state index contributed by atoms with van der Waals surface area (Å²) in [6.45, 7) is 2.04. The molecule has 1 saturated carbocycles. The second-order valence-electron chi connectivity index (χ2n) is 4.25. The van der Waals surface area contributed by atoms with Gasteiger partial charge in [-0.3, -0.25) is 4.79 Å². The van der Waals surface area contributed by atoms with Gasteiger partial charge in [0.2, 0.25) is 0 Å². The minimum Gasteiger partial charge on any atom is -0.481 e. The van der Waals surface area contributed by atoms with Gasteiger partial charge < -0.3 is 10.8 Å². The summed E-state index contributed by atoms with van der Waals surface area (Å²) in [5, 5.41) is 8.64. The van der Waals surface area contributed by atoms with E-state index in [1.165, 1.54) is 0 Å². The molecule has 0 aromatic rings. The van der Waals surface area contributed by atoms with Crippen LogP contribution in [-0.4, -0.2) is 17.1 Å². The van der Waals surface area contributed by atoms with E-state index in [2.05, 4.69) is 0 Å². The Morgan fingerprint density at radius 2 is 2.00 bits per heavy atom. The minimum atomic E-state index is -0.678. The molecular weight excluding hydrogens is 166 g/mol. The number of rotatable bonds is 3. The zero-order valence-corrected chi connectivity index (χ0v) is 8.20. The lowest BCUT2D eigenvalue weighted by Gasteiger charge is -2.29. The van der Waals surface area contributed by atoms with E-state index >= 15 is 0 Å². The Hall–Kier alpha value is -0.570. The van der Waals surface area contributed by atoms with Crippen LogP contribution >= 0.6 is 0 Å². The van der Waals surface area contributed by atoms with Crippen molar-refractivity contribution in [2.75, 3.05) is 0 Å². The standard InChI is InChI=1S/C10H19NO2/c1-7(6-10(12)13)8-2-4-9(11)5-3-8/h7-9H,2-6,11H2,1H3,(H,12,13). The van der Waals surface area contributed by atoms with Crippen LogP contribution in [0, 0.1) is 11.8 Å². The summed E-state index contributed by atoms with van der Waals surface area (Å²) >= 11 is 0. The fraction of sp³-hybridized carbons (Fsp3) is 0.900. The lowest BCUT2D eigenvalue weighted by atomic mass is 9.78. The van der Waals surface area contributed by atoms with Crippen molar-refractivity contribution in [3.05, 3.63) is 0 Å². The highest BCUT2D eigenvalue weighted by Gasteiger charge is 2.24. The van der Waals surface area contributed by atoms with Gasteiger partial charge in [0.1, 0.15) is 0 Å². The SMILES string of the molecule is CC(CC(=O)O)C1CCC(N)CC1. The van der Waals surface area contributed by atoms with Gasteiger partial charge in [-0.1, -0.05) is 6.92 Å². The molecule has 0 spiro atoms. The van der Waals surface area contributed by atoms with Crippen LogP contribution in [0.15, 0.2) is 0 Å². The van der Waals surface area contributed by atoms with Crippen molar-refractivity contribution in [2.45, 2.75) is 45.1 Å². The van der Waals surface area contributed by atoms with Crippen LogP contribution in [0.1, 0.15) is 39.0 Å². The zero-order chi connectivity index (χ0) is 9.84. The van der Waals surface area contributed by atoms with Crippen LogP contribution in [0.25, 0.3) is 0 Å². The molecule has 0 aliphatic heterocycles. The maximum atomic E-state index is 10.5. The summed E-state index contributed by atoms with van der Waals surface area (Å²) in [5.41, 5.74) is 5.78. The number of carbonyl (C=O) groups is 1. The number of aliphatic carboxylic acids is 1. The molecule has 3 N–H and O–H groups in total. The number of carboxylic acids is 1. The van der Waals surface area contributed by atoms with Crippen molar-refractivity contribution < 1.29 is 9.90 Å². The van der Waals surface area contributed by atoms with E-state index in [0.29, 0.717) is 24.3 Å². The lowest BCUT2D eigenvalue weighted by Crippen LogP contribution is -2.29. The Morgan fingerprint density at radius 1 is 1.46 bits per heavy atom. The summed E-state index contributed by atoms with van der Waals surface area (Å²) in [7, 11) is 0. The summed E-state index contributed by atoms with van der Waals surface area (Å²) in [5.74, 6) is 0.211. The van der Waals surface area contributed by atoms with Gasteiger partial charge in [0.05, 0.1) is 0 Å². The highest BCUT2D eigenvalue weighted by Crippen LogP contribution is 2.30. The molecule has 1 aliphatic carbocycles. The molecule has 3 heteroatoms. The average molecular weight is 185 g/mol. The second-order valence-corrected chi connectivity index (χ2v) is 4.25. The molecule has 1 atom stereocenters. The van der Waals surface area contributed by atoms with Gasteiger partial charge >= 0.3 is 5.97 Å². The van der Waals surface area contributed by atoms with Gasteiger partial charge in [-0.05, 0) is 37.5 Å². The maximum absolute atomic E-state index is 10.5. The van der Waals surface area contributed by atoms with Crippen molar-refractivity contribution in [1.29, 1.82) is 0 Å². The number of hydrogen-bond acceptors (Lipinski definition) is 2. The first kappa shape index (κ1) is 10.5. The molecular formula is C10H19NO2. The number of nitrogens with two attached hydrogens (primary N) is 1. The van der Waals surface area contributed by atoms with E-state index < -0.39 is 5.97 Å². The van der Waals surface area contributed by atoms with E-state index in [0.717, 1.165) is 25.7 Å². The topological polar surface area (TPSA) is 63.3 Å². The van der Waals surface area contributed by atoms with Crippen molar-refractivity contribution in [2.24, 2.45) is 17.6 Å². The van der Waals surface area contributed by atoms with E-state index in [4.69, 9.17) is 10.8 Å². The van der Waals surface area contributed by atoms with Gasteiger partial charge in [0.15, 0.2) is 0 Å². The predicted molar refractivity (Wildman–Crippen MR) is 51.4 cm³/mol. The Kier molecular flexibility index (Phi) is 3.72. The molecule has 0 aromatic heterocycles. The molecule has 0 aromatic carbocycles. The van der Waals surface area contributed by atoms with E-state index in [-0.39, 0.29) is 0 Å². The molecule has 1 rings (SSSR count). The Bertz CT molecular complexity index is 174. The highest BCUT2D eigenvalue weighted by atomic mass is 16.4. The molecule has 0 saturated heterocycles. The molecule has 0 bridgehead atoms.